The first-order valence-electron chi connectivity index (χ1n) is 4.14. The third-order valence-electron chi connectivity index (χ3n) is 2.24. The molecule has 0 saturated carbocycles. The van der Waals surface area contributed by atoms with Crippen molar-refractivity contribution in [2.24, 2.45) is 0 Å². The van der Waals surface area contributed by atoms with Gasteiger partial charge in [0.1, 0.15) is 0 Å². The summed E-state index contributed by atoms with van der Waals surface area (Å²) in [6, 6.07) is 6.50. The van der Waals surface area contributed by atoms with Crippen LogP contribution in [0.15, 0.2) is 18.2 Å². The number of rotatable bonds is 0. The topological polar surface area (TPSA) is 0 Å². The molecule has 2 rings (SSSR count). The van der Waals surface area contributed by atoms with Crippen molar-refractivity contribution < 1.29 is 32.7 Å². The van der Waals surface area contributed by atoms with E-state index in [2.05, 4.69) is 38.0 Å². The van der Waals surface area contributed by atoms with E-state index in [1.54, 1.807) is 0 Å². The first-order chi connectivity index (χ1) is 5.38. The van der Waals surface area contributed by atoms with Crippen LogP contribution in [0.4, 0.5) is 0 Å². The van der Waals surface area contributed by atoms with Gasteiger partial charge >= 0.3 is 0 Å². The predicted molar refractivity (Wildman–Crippen MR) is 47.2 cm³/mol. The minimum Gasteiger partial charge on any atom is -0.296 e. The molecule has 12 heavy (non-hydrogen) atoms. The molecule has 0 aliphatic heterocycles. The van der Waals surface area contributed by atoms with Gasteiger partial charge in [-0.15, -0.1) is 12.1 Å². The fourth-order valence-electron chi connectivity index (χ4n) is 1.63. The van der Waals surface area contributed by atoms with Crippen LogP contribution in [0, 0.1) is 19.8 Å². The fourth-order valence-corrected chi connectivity index (χ4v) is 1.63. The van der Waals surface area contributed by atoms with E-state index in [0.717, 1.165) is 0 Å². The zero-order valence-corrected chi connectivity index (χ0v) is 10.2. The molecule has 61 valence electrons. The molecule has 0 heterocycles. The van der Waals surface area contributed by atoms with E-state index in [4.69, 9.17) is 0 Å². The van der Waals surface area contributed by atoms with Crippen LogP contribution in [0.25, 0.3) is 0 Å². The second-order valence-electron chi connectivity index (χ2n) is 3.06. The first-order valence-corrected chi connectivity index (χ1v) is 4.14. The van der Waals surface area contributed by atoms with Crippen LogP contribution < -0.4 is 0 Å². The minimum absolute atomic E-state index is 0. The Labute approximate surface area is 99.6 Å². The summed E-state index contributed by atoms with van der Waals surface area (Å²) in [6.45, 7) is 2.18. The number of aryl methyl sites for hydroxylation is 1. The molecular formula is C11H12Y-2. The molecule has 0 saturated heterocycles. The van der Waals surface area contributed by atoms with Crippen LogP contribution in [0.2, 0.25) is 0 Å². The van der Waals surface area contributed by atoms with E-state index in [9.17, 15) is 0 Å². The van der Waals surface area contributed by atoms with E-state index >= 15 is 0 Å². The Morgan fingerprint density at radius 3 is 2.67 bits per heavy atom. The van der Waals surface area contributed by atoms with E-state index < -0.39 is 0 Å². The van der Waals surface area contributed by atoms with Gasteiger partial charge in [-0.2, -0.15) is 0 Å². The molecule has 0 spiro atoms. The van der Waals surface area contributed by atoms with Crippen molar-refractivity contribution in [1.29, 1.82) is 0 Å². The monoisotopic (exact) mass is 233 g/mol. The Balaban J connectivity index is 0.000000720. The number of hydrogen-bond acceptors (Lipinski definition) is 0. The molecule has 1 aromatic carbocycles. The number of benzene rings is 1. The Morgan fingerprint density at radius 2 is 1.92 bits per heavy atom. The van der Waals surface area contributed by atoms with Gasteiger partial charge in [0.2, 0.25) is 0 Å². The number of fused-ring (bicyclic) bond motifs is 1. The maximum absolute atomic E-state index is 2.34. The Bertz CT molecular complexity index is 266. The van der Waals surface area contributed by atoms with Crippen molar-refractivity contribution in [3.63, 3.8) is 0 Å². The molecular weight excluding hydrogens is 221 g/mol. The van der Waals surface area contributed by atoms with E-state index in [1.165, 1.54) is 29.5 Å². The SMILES string of the molecule is Cc1cccc2c1[CH-]CC[CH-]2.[Y]. The fraction of sp³-hybridized carbons (Fsp3) is 0.273. The normalized spacial score (nSPS) is 13.4. The minimum atomic E-state index is 0. The van der Waals surface area contributed by atoms with Gasteiger partial charge in [0.05, 0.1) is 0 Å². The molecule has 0 N–H and O–H groups in total. The summed E-state index contributed by atoms with van der Waals surface area (Å²) >= 11 is 0. The molecule has 1 radical (unpaired) electrons. The van der Waals surface area contributed by atoms with Crippen molar-refractivity contribution in [2.45, 2.75) is 19.8 Å². The van der Waals surface area contributed by atoms with Gasteiger partial charge in [-0.25, -0.2) is 24.5 Å². The maximum atomic E-state index is 2.34. The second-order valence-corrected chi connectivity index (χ2v) is 3.06. The zero-order valence-electron chi connectivity index (χ0n) is 7.38. The molecule has 0 unspecified atom stereocenters. The molecule has 0 amide bonds. The van der Waals surface area contributed by atoms with Gasteiger partial charge in [-0.1, -0.05) is 19.8 Å². The van der Waals surface area contributed by atoms with Crippen molar-refractivity contribution in [3.8, 4) is 0 Å². The third kappa shape index (κ3) is 1.86. The Kier molecular flexibility index (Phi) is 3.67. The molecule has 0 fully saturated rings. The summed E-state index contributed by atoms with van der Waals surface area (Å²) in [5, 5.41) is 0. The quantitative estimate of drug-likeness (QED) is 0.604. The van der Waals surface area contributed by atoms with Crippen LogP contribution in [-0.2, 0) is 32.7 Å². The molecule has 0 bridgehead atoms. The first kappa shape index (κ1) is 10.1. The van der Waals surface area contributed by atoms with Gasteiger partial charge in [-0.05, 0) is 0 Å². The van der Waals surface area contributed by atoms with Gasteiger partial charge in [-0.3, -0.25) is 11.1 Å². The average molecular weight is 233 g/mol. The smallest absolute Gasteiger partial charge is 0 e. The van der Waals surface area contributed by atoms with Crippen LogP contribution in [0.5, 0.6) is 0 Å². The third-order valence-corrected chi connectivity index (χ3v) is 2.24. The summed E-state index contributed by atoms with van der Waals surface area (Å²) in [5.41, 5.74) is 4.26. The predicted octanol–water partition coefficient (Wildman–Crippen LogP) is 2.89. The van der Waals surface area contributed by atoms with Gasteiger partial charge < -0.3 is 0 Å². The molecule has 0 atom stereocenters. The largest absolute Gasteiger partial charge is 0.296 e. The summed E-state index contributed by atoms with van der Waals surface area (Å²) in [6.07, 6.45) is 7.07. The average Bonchev–Trinajstić information content (AvgIpc) is 2.06. The van der Waals surface area contributed by atoms with Crippen LogP contribution in [-0.4, -0.2) is 0 Å². The van der Waals surface area contributed by atoms with Gasteiger partial charge in [0.25, 0.3) is 0 Å². The second kappa shape index (κ2) is 4.34. The number of hydrogen-bond donors (Lipinski definition) is 0. The van der Waals surface area contributed by atoms with E-state index in [1.807, 2.05) is 0 Å². The Morgan fingerprint density at radius 1 is 1.17 bits per heavy atom. The summed E-state index contributed by atoms with van der Waals surface area (Å²) in [7, 11) is 0. The van der Waals surface area contributed by atoms with Crippen molar-refractivity contribution >= 4 is 0 Å². The van der Waals surface area contributed by atoms with Crippen molar-refractivity contribution in [1.82, 2.24) is 0 Å². The molecule has 1 aliphatic rings. The molecule has 0 nitrogen and oxygen atoms in total. The zero-order chi connectivity index (χ0) is 7.68. The van der Waals surface area contributed by atoms with E-state index in [-0.39, 0.29) is 32.7 Å². The maximum Gasteiger partial charge on any atom is 0 e. The summed E-state index contributed by atoms with van der Waals surface area (Å²) in [4.78, 5) is 0. The molecule has 1 aliphatic carbocycles. The van der Waals surface area contributed by atoms with Crippen LogP contribution in [0.3, 0.4) is 0 Å². The molecule has 1 aromatic rings. The van der Waals surface area contributed by atoms with Crippen LogP contribution >= 0.6 is 0 Å². The van der Waals surface area contributed by atoms with Gasteiger partial charge in [0, 0.05) is 32.7 Å². The summed E-state index contributed by atoms with van der Waals surface area (Å²) < 4.78 is 0. The Hall–Kier alpha value is 0.0639. The van der Waals surface area contributed by atoms with Gasteiger partial charge in [0.15, 0.2) is 0 Å². The standard InChI is InChI=1S/C11H12.Y/c1-9-5-4-7-10-6-2-3-8-11(9)10;/h4-8H,2-3H2,1H3;/q-2;. The van der Waals surface area contributed by atoms with E-state index in [0.29, 0.717) is 0 Å². The summed E-state index contributed by atoms with van der Waals surface area (Å²) in [5.74, 6) is 0. The van der Waals surface area contributed by atoms with Crippen LogP contribution in [0.1, 0.15) is 29.5 Å². The molecule has 0 aromatic heterocycles. The van der Waals surface area contributed by atoms with Crippen molar-refractivity contribution in [3.05, 3.63) is 47.7 Å². The van der Waals surface area contributed by atoms with Crippen molar-refractivity contribution in [2.75, 3.05) is 0 Å². The molecule has 1 heteroatoms.